The van der Waals surface area contributed by atoms with Crippen molar-refractivity contribution in [2.24, 2.45) is 5.92 Å². The van der Waals surface area contributed by atoms with E-state index in [1.807, 2.05) is 0 Å². The lowest BCUT2D eigenvalue weighted by molar-refractivity contribution is 0.0840. The second-order valence-electron chi connectivity index (χ2n) is 6.34. The lowest BCUT2D eigenvalue weighted by atomic mass is 9.96. The molecule has 4 heteroatoms. The van der Waals surface area contributed by atoms with E-state index in [1.54, 1.807) is 0 Å². The molecule has 1 aliphatic heterocycles. The molecule has 2 rings (SSSR count). The summed E-state index contributed by atoms with van der Waals surface area (Å²) in [5.74, 6) is 0.845. The zero-order chi connectivity index (χ0) is 13.0. The van der Waals surface area contributed by atoms with Gasteiger partial charge in [0.15, 0.2) is 0 Å². The van der Waals surface area contributed by atoms with Crippen LogP contribution in [0.15, 0.2) is 0 Å². The zero-order valence-corrected chi connectivity index (χ0v) is 11.9. The SMILES string of the molecule is CN(C)CC1CCN(CC(O)CNC2CC2)CC1. The quantitative estimate of drug-likeness (QED) is 0.689. The first kappa shape index (κ1) is 14.3. The summed E-state index contributed by atoms with van der Waals surface area (Å²) in [6.45, 7) is 5.12. The van der Waals surface area contributed by atoms with Gasteiger partial charge in [0.05, 0.1) is 6.10 Å². The number of hydrogen-bond acceptors (Lipinski definition) is 4. The molecule has 4 nitrogen and oxygen atoms in total. The highest BCUT2D eigenvalue weighted by Crippen LogP contribution is 2.19. The maximum absolute atomic E-state index is 9.98. The van der Waals surface area contributed by atoms with Crippen molar-refractivity contribution < 1.29 is 5.11 Å². The molecule has 106 valence electrons. The minimum atomic E-state index is -0.198. The van der Waals surface area contributed by atoms with Crippen LogP contribution in [0.25, 0.3) is 0 Å². The topological polar surface area (TPSA) is 38.7 Å². The lowest BCUT2D eigenvalue weighted by Crippen LogP contribution is -2.43. The molecule has 0 bridgehead atoms. The Balaban J connectivity index is 1.57. The number of β-amino-alcohol motifs (C(OH)–C–C–N with tert-alkyl or cyclic N) is 1. The molecule has 0 amide bonds. The van der Waals surface area contributed by atoms with E-state index in [0.717, 1.165) is 32.1 Å². The van der Waals surface area contributed by atoms with E-state index in [2.05, 4.69) is 29.2 Å². The lowest BCUT2D eigenvalue weighted by Gasteiger charge is -2.34. The molecule has 0 aromatic rings. The molecule has 1 unspecified atom stereocenters. The van der Waals surface area contributed by atoms with E-state index < -0.39 is 0 Å². The molecule has 0 radical (unpaired) electrons. The highest BCUT2D eigenvalue weighted by atomic mass is 16.3. The summed E-state index contributed by atoms with van der Waals surface area (Å²) in [5, 5.41) is 13.4. The van der Waals surface area contributed by atoms with Crippen molar-refractivity contribution in [1.29, 1.82) is 0 Å². The summed E-state index contributed by atoms with van der Waals surface area (Å²) in [7, 11) is 4.30. The van der Waals surface area contributed by atoms with Gasteiger partial charge >= 0.3 is 0 Å². The van der Waals surface area contributed by atoms with Gasteiger partial charge in [-0.1, -0.05) is 0 Å². The normalized spacial score (nSPS) is 24.7. The zero-order valence-electron chi connectivity index (χ0n) is 11.9. The minimum Gasteiger partial charge on any atom is -0.390 e. The first-order chi connectivity index (χ1) is 8.63. The van der Waals surface area contributed by atoms with Crippen molar-refractivity contribution in [2.75, 3.05) is 46.8 Å². The van der Waals surface area contributed by atoms with Crippen molar-refractivity contribution in [3.05, 3.63) is 0 Å². The Kier molecular flexibility index (Phi) is 5.42. The number of likely N-dealkylation sites (tertiary alicyclic amines) is 1. The van der Waals surface area contributed by atoms with Crippen LogP contribution in [0.3, 0.4) is 0 Å². The van der Waals surface area contributed by atoms with E-state index >= 15 is 0 Å². The van der Waals surface area contributed by atoms with Gasteiger partial charge in [-0.25, -0.2) is 0 Å². The highest BCUT2D eigenvalue weighted by Gasteiger charge is 2.24. The van der Waals surface area contributed by atoms with Gasteiger partial charge in [-0.3, -0.25) is 0 Å². The highest BCUT2D eigenvalue weighted by molar-refractivity contribution is 4.83. The van der Waals surface area contributed by atoms with Crippen LogP contribution in [-0.2, 0) is 0 Å². The van der Waals surface area contributed by atoms with Crippen molar-refractivity contribution in [2.45, 2.75) is 37.8 Å². The van der Waals surface area contributed by atoms with Gasteiger partial charge < -0.3 is 20.2 Å². The van der Waals surface area contributed by atoms with Crippen molar-refractivity contribution >= 4 is 0 Å². The van der Waals surface area contributed by atoms with Gasteiger partial charge in [0.2, 0.25) is 0 Å². The molecule has 0 aromatic heterocycles. The predicted molar refractivity (Wildman–Crippen MR) is 74.7 cm³/mol. The Labute approximate surface area is 111 Å². The molecule has 1 heterocycles. The fourth-order valence-corrected chi connectivity index (χ4v) is 2.82. The number of nitrogens with zero attached hydrogens (tertiary/aromatic N) is 2. The number of nitrogens with one attached hydrogen (secondary N) is 1. The van der Waals surface area contributed by atoms with E-state index in [-0.39, 0.29) is 6.10 Å². The number of aliphatic hydroxyl groups excluding tert-OH is 1. The summed E-state index contributed by atoms with van der Waals surface area (Å²) in [5.41, 5.74) is 0. The van der Waals surface area contributed by atoms with Crippen LogP contribution in [0, 0.1) is 5.92 Å². The molecule has 2 fully saturated rings. The van der Waals surface area contributed by atoms with Gasteiger partial charge in [-0.2, -0.15) is 0 Å². The number of rotatable bonds is 7. The van der Waals surface area contributed by atoms with E-state index in [1.165, 1.54) is 32.2 Å². The largest absolute Gasteiger partial charge is 0.390 e. The van der Waals surface area contributed by atoms with Gasteiger partial charge in [-0.05, 0) is 58.8 Å². The number of aliphatic hydroxyl groups is 1. The molecule has 0 spiro atoms. The first-order valence-electron chi connectivity index (χ1n) is 7.42. The van der Waals surface area contributed by atoms with Crippen LogP contribution >= 0.6 is 0 Å². The third-order valence-electron chi connectivity index (χ3n) is 4.02. The number of piperidine rings is 1. The van der Waals surface area contributed by atoms with Gasteiger partial charge in [0.1, 0.15) is 0 Å². The van der Waals surface area contributed by atoms with Gasteiger partial charge in [-0.15, -0.1) is 0 Å². The Morgan fingerprint density at radius 1 is 1.22 bits per heavy atom. The summed E-state index contributed by atoms with van der Waals surface area (Å²) >= 11 is 0. The maximum atomic E-state index is 9.98. The van der Waals surface area contributed by atoms with Crippen molar-refractivity contribution in [1.82, 2.24) is 15.1 Å². The average Bonchev–Trinajstić information content (AvgIpc) is 3.12. The van der Waals surface area contributed by atoms with E-state index in [9.17, 15) is 5.11 Å². The molecule has 0 aromatic carbocycles. The first-order valence-corrected chi connectivity index (χ1v) is 7.42. The minimum absolute atomic E-state index is 0.198. The molecule has 1 aliphatic carbocycles. The fraction of sp³-hybridized carbons (Fsp3) is 1.00. The molecule has 2 aliphatic rings. The summed E-state index contributed by atoms with van der Waals surface area (Å²) in [6.07, 6.45) is 4.95. The second kappa shape index (κ2) is 6.85. The van der Waals surface area contributed by atoms with Gasteiger partial charge in [0, 0.05) is 25.7 Å². The Morgan fingerprint density at radius 2 is 1.89 bits per heavy atom. The van der Waals surface area contributed by atoms with E-state index in [4.69, 9.17) is 0 Å². The van der Waals surface area contributed by atoms with Crippen molar-refractivity contribution in [3.8, 4) is 0 Å². The average molecular weight is 255 g/mol. The molecule has 18 heavy (non-hydrogen) atoms. The van der Waals surface area contributed by atoms with Crippen LogP contribution in [0.5, 0.6) is 0 Å². The van der Waals surface area contributed by atoms with Crippen LogP contribution in [-0.4, -0.2) is 73.9 Å². The maximum Gasteiger partial charge on any atom is 0.0791 e. The molecular weight excluding hydrogens is 226 g/mol. The molecule has 1 saturated carbocycles. The summed E-state index contributed by atoms with van der Waals surface area (Å²) in [6, 6.07) is 0.700. The molecule has 2 N–H and O–H groups in total. The molecule has 1 atom stereocenters. The Morgan fingerprint density at radius 3 is 2.44 bits per heavy atom. The van der Waals surface area contributed by atoms with Crippen LogP contribution in [0.2, 0.25) is 0 Å². The molecular formula is C14H29N3O. The summed E-state index contributed by atoms with van der Waals surface area (Å²) in [4.78, 5) is 4.71. The van der Waals surface area contributed by atoms with Crippen LogP contribution in [0.1, 0.15) is 25.7 Å². The fourth-order valence-electron chi connectivity index (χ4n) is 2.82. The second-order valence-corrected chi connectivity index (χ2v) is 6.34. The Bertz CT molecular complexity index is 235. The predicted octanol–water partition coefficient (Wildman–Crippen LogP) is 0.373. The van der Waals surface area contributed by atoms with Crippen LogP contribution < -0.4 is 5.32 Å². The van der Waals surface area contributed by atoms with Crippen molar-refractivity contribution in [3.63, 3.8) is 0 Å². The monoisotopic (exact) mass is 255 g/mol. The van der Waals surface area contributed by atoms with E-state index in [0.29, 0.717) is 6.04 Å². The van der Waals surface area contributed by atoms with Crippen LogP contribution in [0.4, 0.5) is 0 Å². The smallest absolute Gasteiger partial charge is 0.0791 e. The third-order valence-corrected chi connectivity index (χ3v) is 4.02. The number of hydrogen-bond donors (Lipinski definition) is 2. The third kappa shape index (κ3) is 5.22. The van der Waals surface area contributed by atoms with Gasteiger partial charge in [0.25, 0.3) is 0 Å². The molecule has 1 saturated heterocycles. The Hall–Kier alpha value is -0.160. The summed E-state index contributed by atoms with van der Waals surface area (Å²) < 4.78 is 0. The standard InChI is InChI=1S/C14H29N3O/c1-16(2)10-12-5-7-17(8-6-12)11-14(18)9-15-13-3-4-13/h12-15,18H,3-11H2,1-2H3.